The molecule has 1 aliphatic carbocycles. The highest BCUT2D eigenvalue weighted by atomic mass is 32.1. The summed E-state index contributed by atoms with van der Waals surface area (Å²) in [6.45, 7) is 18.2. The summed E-state index contributed by atoms with van der Waals surface area (Å²) < 4.78 is 5.03. The van der Waals surface area contributed by atoms with Crippen LogP contribution in [0, 0.1) is 12.8 Å². The van der Waals surface area contributed by atoms with Gasteiger partial charge in [0.15, 0.2) is 0 Å². The van der Waals surface area contributed by atoms with Crippen LogP contribution in [0.5, 0.6) is 0 Å². The van der Waals surface area contributed by atoms with Gasteiger partial charge in [0.1, 0.15) is 5.84 Å². The number of para-hydroxylation sites is 1. The zero-order chi connectivity index (χ0) is 48.3. The molecule has 11 rings (SSSR count). The van der Waals surface area contributed by atoms with Crippen molar-refractivity contribution in [2.45, 2.75) is 60.4 Å². The van der Waals surface area contributed by atoms with Crippen molar-refractivity contribution in [1.82, 2.24) is 9.47 Å². The van der Waals surface area contributed by atoms with Gasteiger partial charge in [-0.15, -0.1) is 24.2 Å². The molecule has 69 heavy (non-hydrogen) atoms. The summed E-state index contributed by atoms with van der Waals surface area (Å²) in [5.41, 5.74) is 16.9. The van der Waals surface area contributed by atoms with Gasteiger partial charge in [-0.1, -0.05) is 155 Å². The molecule has 342 valence electrons. The van der Waals surface area contributed by atoms with Gasteiger partial charge < -0.3 is 14.4 Å². The molecule has 4 nitrogen and oxygen atoms in total. The molecule has 0 saturated heterocycles. The van der Waals surface area contributed by atoms with E-state index in [0.29, 0.717) is 6.54 Å². The number of aliphatic imine (C=N–C) groups is 1. The predicted octanol–water partition coefficient (Wildman–Crippen LogP) is 17.1. The van der Waals surface area contributed by atoms with E-state index in [1.807, 2.05) is 25.2 Å². The molecule has 0 bridgehead atoms. The molecule has 1 unspecified atom stereocenters. The molecule has 0 spiro atoms. The van der Waals surface area contributed by atoms with Gasteiger partial charge in [0.25, 0.3) is 0 Å². The van der Waals surface area contributed by atoms with Gasteiger partial charge in [0, 0.05) is 78.3 Å². The largest absolute Gasteiger partial charge is 0.349 e. The van der Waals surface area contributed by atoms with Gasteiger partial charge in [0.2, 0.25) is 0 Å². The Morgan fingerprint density at radius 2 is 1.46 bits per heavy atom. The lowest BCUT2D eigenvalue weighted by atomic mass is 9.92. The number of thiophene rings is 1. The van der Waals surface area contributed by atoms with Crippen LogP contribution >= 0.6 is 11.3 Å². The molecule has 0 fully saturated rings. The minimum atomic E-state index is 0.104. The topological polar surface area (TPSA) is 23.8 Å². The Morgan fingerprint density at radius 1 is 0.768 bits per heavy atom. The lowest BCUT2D eigenvalue weighted by Gasteiger charge is -2.35. The lowest BCUT2D eigenvalue weighted by Crippen LogP contribution is -2.41. The minimum absolute atomic E-state index is 0.104. The van der Waals surface area contributed by atoms with Gasteiger partial charge >= 0.3 is 0 Å². The number of allylic oxidation sites excluding steroid dienone is 8. The molecule has 0 amide bonds. The molecule has 0 N–H and O–H groups in total. The highest BCUT2D eigenvalue weighted by molar-refractivity contribution is 7.26. The first kappa shape index (κ1) is 46.5. The Hall–Kier alpha value is -7.65. The van der Waals surface area contributed by atoms with E-state index in [-0.39, 0.29) is 6.04 Å². The summed E-state index contributed by atoms with van der Waals surface area (Å²) in [6, 6.07) is 44.8. The van der Waals surface area contributed by atoms with E-state index in [1.54, 1.807) is 0 Å². The average molecular weight is 917 g/mol. The van der Waals surface area contributed by atoms with Gasteiger partial charge in [-0.3, -0.25) is 0 Å². The summed E-state index contributed by atoms with van der Waals surface area (Å²) in [7, 11) is 2.22. The summed E-state index contributed by atoms with van der Waals surface area (Å²) >= 11 is 1.89. The Morgan fingerprint density at radius 3 is 2.20 bits per heavy atom. The third-order valence-corrected chi connectivity index (χ3v) is 14.9. The molecule has 5 heteroatoms. The quantitative estimate of drug-likeness (QED) is 0.149. The number of nitrogens with zero attached hydrogens (tertiary/aromatic N) is 4. The smallest absolute Gasteiger partial charge is 0.137 e. The molecule has 1 atom stereocenters. The van der Waals surface area contributed by atoms with Crippen molar-refractivity contribution in [3.05, 3.63) is 215 Å². The zero-order valence-electron chi connectivity index (χ0n) is 40.9. The van der Waals surface area contributed by atoms with Crippen molar-refractivity contribution in [1.29, 1.82) is 0 Å². The number of hydrogen-bond donors (Lipinski definition) is 0. The maximum Gasteiger partial charge on any atom is 0.137 e. The maximum absolute atomic E-state index is 5.69. The molecule has 8 aromatic rings. The monoisotopic (exact) mass is 916 g/mol. The van der Waals surface area contributed by atoms with E-state index in [1.165, 1.54) is 81.1 Å². The van der Waals surface area contributed by atoms with Crippen molar-refractivity contribution in [3.63, 3.8) is 0 Å². The third-order valence-electron chi connectivity index (χ3n) is 13.7. The van der Waals surface area contributed by atoms with Crippen molar-refractivity contribution >= 4 is 87.7 Å². The highest BCUT2D eigenvalue weighted by Crippen LogP contribution is 2.51. The van der Waals surface area contributed by atoms with E-state index in [4.69, 9.17) is 4.99 Å². The number of aryl methyl sites for hydroxylation is 1. The fraction of sp³-hybridized carbons (Fsp3) is 0.172. The van der Waals surface area contributed by atoms with Crippen LogP contribution in [0.3, 0.4) is 0 Å². The lowest BCUT2D eigenvalue weighted by molar-refractivity contribution is 0.454. The average Bonchev–Trinajstić information content (AvgIpc) is 4.07. The molecule has 2 aliphatic heterocycles. The van der Waals surface area contributed by atoms with Crippen LogP contribution in [0.2, 0.25) is 0 Å². The number of amidine groups is 1. The zero-order valence-corrected chi connectivity index (χ0v) is 41.7. The van der Waals surface area contributed by atoms with Gasteiger partial charge in [-0.2, -0.15) is 0 Å². The Kier molecular flexibility index (Phi) is 13.4. The molecule has 2 aromatic heterocycles. The number of benzene rings is 6. The van der Waals surface area contributed by atoms with Crippen molar-refractivity contribution in [2.75, 3.05) is 18.5 Å². The fourth-order valence-corrected chi connectivity index (χ4v) is 12.1. The van der Waals surface area contributed by atoms with Gasteiger partial charge in [0.05, 0.1) is 22.9 Å². The van der Waals surface area contributed by atoms with E-state index in [9.17, 15) is 0 Å². The molecule has 0 saturated carbocycles. The number of terminal acetylenes is 1. The standard InChI is InChI=1S/C60H52N4S.C2H6.C2H2/c1-7-20-41-37-50-56(61-60(62(6)57(50)39(41)5)42-23-19-24-44(36-42)64-51(21-8-2)45(9-3)46-25-14-16-29-52(46)64)40-31-33-43(34-32-40)63-35-18-10-11-22-38(4)54-47-26-12-13-27-48(47)59-55(58(54)63)49-28-15-17-30-53(49)65-59;2*1-2/h7-8,10-34,36,57H,4,9,35,37H2,1-3,5-6H3;1-2H3;1-2H/b18-10-,20-7-,21-8-,22-11-;;. The molecular formula is C64H60N4S. The summed E-state index contributed by atoms with van der Waals surface area (Å²) in [6.07, 6.45) is 27.4. The normalized spacial score (nSPS) is 16.9. The van der Waals surface area contributed by atoms with Crippen molar-refractivity contribution < 1.29 is 0 Å². The number of rotatable bonds is 7. The van der Waals surface area contributed by atoms with Crippen LogP contribution in [0.4, 0.5) is 11.4 Å². The van der Waals surface area contributed by atoms with Gasteiger partial charge in [-0.25, -0.2) is 4.99 Å². The summed E-state index contributed by atoms with van der Waals surface area (Å²) in [5.74, 6) is 0.976. The molecule has 6 aromatic carbocycles. The molecule has 0 radical (unpaired) electrons. The minimum Gasteiger partial charge on any atom is -0.349 e. The number of hydrogen-bond acceptors (Lipinski definition) is 4. The van der Waals surface area contributed by atoms with Crippen LogP contribution in [0.15, 0.2) is 192 Å². The number of aromatic nitrogens is 1. The third kappa shape index (κ3) is 7.89. The van der Waals surface area contributed by atoms with Crippen LogP contribution in [0.1, 0.15) is 75.9 Å². The van der Waals surface area contributed by atoms with Crippen LogP contribution in [0.25, 0.3) is 64.9 Å². The Bertz CT molecular complexity index is 3540. The first-order valence-electron chi connectivity index (χ1n) is 24.2. The molecular weight excluding hydrogens is 857 g/mol. The molecule has 4 heterocycles. The second-order valence-electron chi connectivity index (χ2n) is 17.4. The Labute approximate surface area is 412 Å². The second-order valence-corrected chi connectivity index (χ2v) is 18.4. The van der Waals surface area contributed by atoms with E-state index >= 15 is 0 Å². The van der Waals surface area contributed by atoms with Crippen molar-refractivity contribution in [3.8, 4) is 18.5 Å². The van der Waals surface area contributed by atoms with E-state index in [2.05, 4.69) is 238 Å². The van der Waals surface area contributed by atoms with Gasteiger partial charge in [-0.05, 0) is 109 Å². The Balaban J connectivity index is 0.00000145. The van der Waals surface area contributed by atoms with E-state index in [0.717, 1.165) is 52.4 Å². The maximum atomic E-state index is 5.69. The second kappa shape index (κ2) is 19.9. The summed E-state index contributed by atoms with van der Waals surface area (Å²) in [4.78, 5) is 10.6. The highest BCUT2D eigenvalue weighted by Gasteiger charge is 2.37. The first-order chi connectivity index (χ1) is 33.9. The van der Waals surface area contributed by atoms with Crippen LogP contribution in [-0.4, -0.2) is 34.9 Å². The predicted molar refractivity (Wildman–Crippen MR) is 303 cm³/mol. The number of fused-ring (bicyclic) bond motifs is 10. The van der Waals surface area contributed by atoms with Crippen LogP contribution < -0.4 is 4.90 Å². The number of anilines is 2. The molecule has 3 aliphatic rings. The number of likely N-dealkylation sites (N-methyl/N-ethyl adjacent to an activating group) is 1. The van der Waals surface area contributed by atoms with Crippen LogP contribution in [-0.2, 0) is 6.42 Å². The first-order valence-corrected chi connectivity index (χ1v) is 25.0. The SMILES string of the molecule is C#C.C=C1/C=C\C=C/CN(c2ccc(C3=C4CC(/C=C\C)=C(C)C4N(C)C(c4cccc(-n5c(/C=C\C)c(CC)c6ccccc65)c4)=N3)cc2)c2c1c1ccccc1c1sc3ccccc3c21.CC. The summed E-state index contributed by atoms with van der Waals surface area (Å²) in [5, 5.41) is 6.36. The van der Waals surface area contributed by atoms with E-state index < -0.39 is 0 Å². The van der Waals surface area contributed by atoms with Crippen molar-refractivity contribution in [2.24, 2.45) is 4.99 Å². The fourth-order valence-electron chi connectivity index (χ4n) is 10.8.